The summed E-state index contributed by atoms with van der Waals surface area (Å²) in [6.07, 6.45) is 6.73. The van der Waals surface area contributed by atoms with Crippen LogP contribution in [0.1, 0.15) is 51.5 Å². The van der Waals surface area contributed by atoms with Crippen LogP contribution in [0.2, 0.25) is 0 Å². The lowest BCUT2D eigenvalue weighted by atomic mass is 10.1. The highest BCUT2D eigenvalue weighted by Crippen LogP contribution is 2.26. The number of aryl methyl sites for hydroxylation is 1. The van der Waals surface area contributed by atoms with Gasteiger partial charge in [0.1, 0.15) is 5.69 Å². The zero-order valence-corrected chi connectivity index (χ0v) is 15.8. The van der Waals surface area contributed by atoms with Gasteiger partial charge in [0.25, 0.3) is 11.8 Å². The Morgan fingerprint density at radius 3 is 2.43 bits per heavy atom. The number of hydrazine groups is 1. The molecule has 144 valence electrons. The highest BCUT2D eigenvalue weighted by molar-refractivity contribution is 5.98. The first-order valence-electron chi connectivity index (χ1n) is 9.53. The van der Waals surface area contributed by atoms with E-state index < -0.39 is 5.91 Å². The summed E-state index contributed by atoms with van der Waals surface area (Å²) >= 11 is 0. The highest BCUT2D eigenvalue weighted by atomic mass is 16.2. The van der Waals surface area contributed by atoms with Crippen LogP contribution in [0.25, 0.3) is 5.69 Å². The van der Waals surface area contributed by atoms with Crippen molar-refractivity contribution in [1.29, 1.82) is 0 Å². The molecule has 7 heteroatoms. The molecule has 0 fully saturated rings. The summed E-state index contributed by atoms with van der Waals surface area (Å²) in [5.74, 6) is -0.759. The van der Waals surface area contributed by atoms with Gasteiger partial charge in [-0.25, -0.2) is 4.68 Å². The Labute approximate surface area is 163 Å². The predicted octanol–water partition coefficient (Wildman–Crippen LogP) is 2.55. The summed E-state index contributed by atoms with van der Waals surface area (Å²) in [7, 11) is 1.78. The molecule has 2 heterocycles. The SMILES string of the molecule is Cn1cccc1C(=O)NNC(=O)c1nn(-c2ccccc2)c2c1CCCCC2. The third-order valence-corrected chi connectivity index (χ3v) is 5.11. The normalized spacial score (nSPS) is 13.5. The molecular weight excluding hydrogens is 354 g/mol. The van der Waals surface area contributed by atoms with Gasteiger partial charge in [-0.05, 0) is 49.9 Å². The number of hydrogen-bond donors (Lipinski definition) is 2. The van der Waals surface area contributed by atoms with Crippen LogP contribution in [-0.2, 0) is 19.9 Å². The van der Waals surface area contributed by atoms with Crippen LogP contribution in [0.3, 0.4) is 0 Å². The summed E-state index contributed by atoms with van der Waals surface area (Å²) in [5.41, 5.74) is 8.86. The van der Waals surface area contributed by atoms with Crippen LogP contribution < -0.4 is 10.9 Å². The predicted molar refractivity (Wildman–Crippen MR) is 105 cm³/mol. The molecule has 28 heavy (non-hydrogen) atoms. The average Bonchev–Trinajstić information content (AvgIpc) is 3.22. The lowest BCUT2D eigenvalue weighted by Crippen LogP contribution is -2.42. The van der Waals surface area contributed by atoms with Crippen LogP contribution in [0.15, 0.2) is 48.7 Å². The summed E-state index contributed by atoms with van der Waals surface area (Å²) in [4.78, 5) is 25.1. The van der Waals surface area contributed by atoms with Gasteiger partial charge in [0.2, 0.25) is 0 Å². The Bertz CT molecular complexity index is 1000. The Hall–Kier alpha value is -3.35. The van der Waals surface area contributed by atoms with E-state index in [0.29, 0.717) is 11.4 Å². The van der Waals surface area contributed by atoms with Crippen molar-refractivity contribution in [3.05, 3.63) is 71.3 Å². The van der Waals surface area contributed by atoms with Gasteiger partial charge in [0, 0.05) is 24.5 Å². The van der Waals surface area contributed by atoms with Crippen molar-refractivity contribution in [2.24, 2.45) is 7.05 Å². The van der Waals surface area contributed by atoms with E-state index in [1.54, 1.807) is 29.9 Å². The van der Waals surface area contributed by atoms with E-state index in [1.165, 1.54) is 0 Å². The number of benzene rings is 1. The molecule has 0 saturated carbocycles. The zero-order valence-electron chi connectivity index (χ0n) is 15.8. The fourth-order valence-corrected chi connectivity index (χ4v) is 3.67. The smallest absolute Gasteiger partial charge is 0.290 e. The molecule has 3 aromatic rings. The van der Waals surface area contributed by atoms with Crippen molar-refractivity contribution in [1.82, 2.24) is 25.2 Å². The summed E-state index contributed by atoms with van der Waals surface area (Å²) in [6, 6.07) is 13.3. The maximum absolute atomic E-state index is 12.8. The lowest BCUT2D eigenvalue weighted by Gasteiger charge is -2.07. The van der Waals surface area contributed by atoms with Crippen molar-refractivity contribution in [3.8, 4) is 5.69 Å². The third-order valence-electron chi connectivity index (χ3n) is 5.11. The van der Waals surface area contributed by atoms with E-state index in [9.17, 15) is 9.59 Å². The minimum Gasteiger partial charge on any atom is -0.347 e. The molecule has 0 unspecified atom stereocenters. The molecule has 2 N–H and O–H groups in total. The first kappa shape index (κ1) is 18.0. The van der Waals surface area contributed by atoms with Gasteiger partial charge in [0.15, 0.2) is 5.69 Å². The van der Waals surface area contributed by atoms with Gasteiger partial charge in [-0.3, -0.25) is 20.4 Å². The molecular formula is C21H23N5O2. The van der Waals surface area contributed by atoms with E-state index in [4.69, 9.17) is 0 Å². The molecule has 1 aromatic carbocycles. The summed E-state index contributed by atoms with van der Waals surface area (Å²) < 4.78 is 3.56. The molecule has 2 amide bonds. The Morgan fingerprint density at radius 1 is 0.929 bits per heavy atom. The number of rotatable bonds is 3. The van der Waals surface area contributed by atoms with Gasteiger partial charge in [-0.1, -0.05) is 24.6 Å². The van der Waals surface area contributed by atoms with Gasteiger partial charge in [-0.15, -0.1) is 0 Å². The Kier molecular flexibility index (Phi) is 4.97. The van der Waals surface area contributed by atoms with Gasteiger partial charge >= 0.3 is 0 Å². The number of carbonyl (C=O) groups is 2. The van der Waals surface area contributed by atoms with Crippen LogP contribution in [0, 0.1) is 0 Å². The van der Waals surface area contributed by atoms with Crippen molar-refractivity contribution in [2.45, 2.75) is 32.1 Å². The van der Waals surface area contributed by atoms with Crippen LogP contribution in [-0.4, -0.2) is 26.2 Å². The minimum atomic E-state index is -0.393. The lowest BCUT2D eigenvalue weighted by molar-refractivity contribution is 0.0838. The number of nitrogens with zero attached hydrogens (tertiary/aromatic N) is 3. The standard InChI is InChI=1S/C21H23N5O2/c1-25-14-8-13-18(25)20(27)22-23-21(28)19-16-11-6-3-7-12-17(16)26(24-19)15-9-4-2-5-10-15/h2,4-5,8-10,13-14H,3,6-7,11-12H2,1H3,(H,22,27)(H,23,28). The second kappa shape index (κ2) is 7.72. The number of fused-ring (bicyclic) bond motifs is 1. The van der Waals surface area contributed by atoms with Crippen molar-refractivity contribution >= 4 is 11.8 Å². The molecule has 4 rings (SSSR count). The Balaban J connectivity index is 1.60. The largest absolute Gasteiger partial charge is 0.347 e. The molecule has 0 atom stereocenters. The Morgan fingerprint density at radius 2 is 1.68 bits per heavy atom. The van der Waals surface area contributed by atoms with Crippen LogP contribution in [0.5, 0.6) is 0 Å². The maximum atomic E-state index is 12.8. The van der Waals surface area contributed by atoms with Crippen LogP contribution >= 0.6 is 0 Å². The summed E-state index contributed by atoms with van der Waals surface area (Å²) in [6.45, 7) is 0. The minimum absolute atomic E-state index is 0.366. The number of aromatic nitrogens is 3. The number of amides is 2. The molecule has 2 aromatic heterocycles. The number of para-hydroxylation sites is 1. The fraction of sp³-hybridized carbons (Fsp3) is 0.286. The highest BCUT2D eigenvalue weighted by Gasteiger charge is 2.25. The molecule has 0 spiro atoms. The van der Waals surface area contributed by atoms with Crippen LogP contribution in [0.4, 0.5) is 0 Å². The second-order valence-corrected chi connectivity index (χ2v) is 6.99. The van der Waals surface area contributed by atoms with Gasteiger partial charge in [-0.2, -0.15) is 5.10 Å². The van der Waals surface area contributed by atoms with E-state index in [-0.39, 0.29) is 5.91 Å². The monoisotopic (exact) mass is 377 g/mol. The molecule has 1 aliphatic carbocycles. The third kappa shape index (κ3) is 3.43. The van der Waals surface area contributed by atoms with Crippen molar-refractivity contribution < 1.29 is 9.59 Å². The second-order valence-electron chi connectivity index (χ2n) is 6.99. The molecule has 7 nitrogen and oxygen atoms in total. The topological polar surface area (TPSA) is 81.0 Å². The zero-order chi connectivity index (χ0) is 19.5. The molecule has 0 saturated heterocycles. The van der Waals surface area contributed by atoms with Crippen molar-refractivity contribution in [3.63, 3.8) is 0 Å². The van der Waals surface area contributed by atoms with Crippen molar-refractivity contribution in [2.75, 3.05) is 0 Å². The number of nitrogens with one attached hydrogen (secondary N) is 2. The molecule has 0 bridgehead atoms. The quantitative estimate of drug-likeness (QED) is 0.544. The average molecular weight is 377 g/mol. The number of hydrogen-bond acceptors (Lipinski definition) is 3. The number of carbonyl (C=O) groups excluding carboxylic acids is 2. The van der Waals surface area contributed by atoms with Gasteiger partial charge < -0.3 is 4.57 Å². The van der Waals surface area contributed by atoms with Gasteiger partial charge in [0.05, 0.1) is 5.69 Å². The van der Waals surface area contributed by atoms with E-state index in [2.05, 4.69) is 16.0 Å². The van der Waals surface area contributed by atoms with E-state index >= 15 is 0 Å². The summed E-state index contributed by atoms with van der Waals surface area (Å²) in [5, 5.41) is 4.61. The molecule has 1 aliphatic rings. The molecule has 0 aliphatic heterocycles. The van der Waals surface area contributed by atoms with E-state index in [1.807, 2.05) is 35.0 Å². The fourth-order valence-electron chi connectivity index (χ4n) is 3.67. The first-order valence-corrected chi connectivity index (χ1v) is 9.53. The molecule has 0 radical (unpaired) electrons. The maximum Gasteiger partial charge on any atom is 0.290 e. The van der Waals surface area contributed by atoms with E-state index in [0.717, 1.165) is 49.0 Å². The first-order chi connectivity index (χ1) is 13.6.